The molecule has 0 saturated carbocycles. The Labute approximate surface area is 380 Å². The van der Waals surface area contributed by atoms with Gasteiger partial charge in [0.2, 0.25) is 0 Å². The summed E-state index contributed by atoms with van der Waals surface area (Å²) in [5, 5.41) is 0. The van der Waals surface area contributed by atoms with E-state index in [1.165, 1.54) is 125 Å². The van der Waals surface area contributed by atoms with Crippen molar-refractivity contribution >= 4 is 0 Å². The number of nitrogens with zero attached hydrogens (tertiary/aromatic N) is 4. The fourth-order valence-electron chi connectivity index (χ4n) is 8.45. The van der Waals surface area contributed by atoms with Crippen LogP contribution >= 0.6 is 0 Å². The third-order valence-corrected chi connectivity index (χ3v) is 12.5. The second kappa shape index (κ2) is 26.6. The molecule has 0 radical (unpaired) electrons. The SMILES string of the molecule is CCCCCCCc1ccc(-c2cnc(C(OC(c3ccc(CCCCC)cc3)c3cnc(-c4ccc(CCCCCCC)cc4)cn3)c3ccc(CCCCC)cc3)cn2)cc1. The van der Waals surface area contributed by atoms with Gasteiger partial charge in [-0.3, -0.25) is 19.9 Å². The highest BCUT2D eigenvalue weighted by atomic mass is 16.5. The Hall–Kier alpha value is -5.00. The van der Waals surface area contributed by atoms with E-state index in [1.54, 1.807) is 0 Å². The number of ether oxygens (including phenoxy) is 1. The summed E-state index contributed by atoms with van der Waals surface area (Å²) in [4.78, 5) is 20.2. The van der Waals surface area contributed by atoms with Crippen LogP contribution in [-0.2, 0) is 30.4 Å². The maximum absolute atomic E-state index is 7.31. The van der Waals surface area contributed by atoms with Gasteiger partial charge in [0.1, 0.15) is 12.2 Å². The first-order valence-electron chi connectivity index (χ1n) is 24.7. The molecule has 0 fully saturated rings. The minimum absolute atomic E-state index is 0.489. The highest BCUT2D eigenvalue weighted by Crippen LogP contribution is 2.36. The second-order valence-electron chi connectivity index (χ2n) is 17.7. The van der Waals surface area contributed by atoms with Crippen LogP contribution in [0.5, 0.6) is 0 Å². The molecule has 0 amide bonds. The highest BCUT2D eigenvalue weighted by molar-refractivity contribution is 5.59. The first kappa shape index (κ1) is 47.5. The zero-order valence-corrected chi connectivity index (χ0v) is 39.0. The minimum atomic E-state index is -0.489. The molecule has 332 valence electrons. The molecule has 0 saturated heterocycles. The Morgan fingerprint density at radius 3 is 0.952 bits per heavy atom. The van der Waals surface area contributed by atoms with Crippen LogP contribution in [0.2, 0.25) is 0 Å². The van der Waals surface area contributed by atoms with E-state index in [1.807, 2.05) is 24.8 Å². The van der Waals surface area contributed by atoms with Crippen molar-refractivity contribution in [1.82, 2.24) is 19.9 Å². The topological polar surface area (TPSA) is 60.8 Å². The average molecular weight is 843 g/mol. The molecule has 4 aromatic carbocycles. The largest absolute Gasteiger partial charge is 0.353 e. The third-order valence-electron chi connectivity index (χ3n) is 12.5. The van der Waals surface area contributed by atoms with Crippen molar-refractivity contribution in [3.63, 3.8) is 0 Å². The van der Waals surface area contributed by atoms with E-state index in [2.05, 4.69) is 125 Å². The lowest BCUT2D eigenvalue weighted by Gasteiger charge is -2.25. The molecule has 2 heterocycles. The Balaban J connectivity index is 1.27. The smallest absolute Gasteiger partial charge is 0.127 e. The van der Waals surface area contributed by atoms with Gasteiger partial charge in [0.15, 0.2) is 0 Å². The van der Waals surface area contributed by atoms with E-state index >= 15 is 0 Å². The number of aryl methyl sites for hydroxylation is 4. The van der Waals surface area contributed by atoms with Gasteiger partial charge in [-0.25, -0.2) is 0 Å². The number of unbranched alkanes of at least 4 members (excludes halogenated alkanes) is 12. The molecule has 6 rings (SSSR count). The lowest BCUT2D eigenvalue weighted by Crippen LogP contribution is -2.16. The number of rotatable bonds is 28. The van der Waals surface area contributed by atoms with Crippen molar-refractivity contribution < 1.29 is 4.74 Å². The quantitative estimate of drug-likeness (QED) is 0.0461. The molecule has 2 atom stereocenters. The standard InChI is InChI=1S/C58H74N4O/c1-5-9-13-15-19-23-47-25-33-49(34-26-47)53-41-61-55(43-59-53)57(51-37-29-45(30-38-51)21-17-11-7-3)63-58(52-39-31-46(32-40-52)22-18-12-8-4)56-44-60-54(42-62-56)50-35-27-48(28-36-50)24-20-16-14-10-6-2/h25-44,57-58H,5-24H2,1-4H3. The predicted octanol–water partition coefficient (Wildman–Crippen LogP) is 16.0. The first-order chi connectivity index (χ1) is 31.1. The van der Waals surface area contributed by atoms with Crippen molar-refractivity contribution in [2.75, 3.05) is 0 Å². The summed E-state index contributed by atoms with van der Waals surface area (Å²) in [5.41, 5.74) is 12.9. The summed E-state index contributed by atoms with van der Waals surface area (Å²) >= 11 is 0. The summed E-state index contributed by atoms with van der Waals surface area (Å²) in [6.45, 7) is 9.05. The molecule has 5 heteroatoms. The zero-order valence-electron chi connectivity index (χ0n) is 39.0. The van der Waals surface area contributed by atoms with Gasteiger partial charge in [0.05, 0.1) is 47.6 Å². The summed E-state index contributed by atoms with van der Waals surface area (Å²) in [6.07, 6.45) is 31.2. The van der Waals surface area contributed by atoms with Crippen LogP contribution in [-0.4, -0.2) is 19.9 Å². The van der Waals surface area contributed by atoms with Crippen LogP contribution in [0, 0.1) is 0 Å². The normalized spacial score (nSPS) is 12.4. The molecule has 2 unspecified atom stereocenters. The van der Waals surface area contributed by atoms with Gasteiger partial charge in [-0.1, -0.05) is 202 Å². The van der Waals surface area contributed by atoms with E-state index in [9.17, 15) is 0 Å². The molecule has 2 aromatic heterocycles. The molecular formula is C58H74N4O. The van der Waals surface area contributed by atoms with Gasteiger partial charge in [0, 0.05) is 11.1 Å². The summed E-state index contributed by atoms with van der Waals surface area (Å²) in [6, 6.07) is 35.6. The Morgan fingerprint density at radius 1 is 0.333 bits per heavy atom. The minimum Gasteiger partial charge on any atom is -0.353 e. The van der Waals surface area contributed by atoms with Crippen molar-refractivity contribution in [3.8, 4) is 22.5 Å². The molecule has 0 bridgehead atoms. The molecule has 0 aliphatic carbocycles. The van der Waals surface area contributed by atoms with Gasteiger partial charge >= 0.3 is 0 Å². The third kappa shape index (κ3) is 15.1. The van der Waals surface area contributed by atoms with Crippen molar-refractivity contribution in [1.29, 1.82) is 0 Å². The Kier molecular flexibility index (Phi) is 20.0. The maximum atomic E-state index is 7.31. The maximum Gasteiger partial charge on any atom is 0.127 e. The van der Waals surface area contributed by atoms with Crippen molar-refractivity contribution in [3.05, 3.63) is 167 Å². The van der Waals surface area contributed by atoms with Crippen LogP contribution < -0.4 is 0 Å². The van der Waals surface area contributed by atoms with E-state index < -0.39 is 12.2 Å². The molecule has 6 aromatic rings. The van der Waals surface area contributed by atoms with Gasteiger partial charge < -0.3 is 4.74 Å². The molecule has 0 spiro atoms. The zero-order chi connectivity index (χ0) is 43.9. The van der Waals surface area contributed by atoms with Gasteiger partial charge in [0.25, 0.3) is 0 Å². The highest BCUT2D eigenvalue weighted by Gasteiger charge is 2.26. The molecule has 0 N–H and O–H groups in total. The Morgan fingerprint density at radius 2 is 0.635 bits per heavy atom. The summed E-state index contributed by atoms with van der Waals surface area (Å²) in [7, 11) is 0. The van der Waals surface area contributed by atoms with Gasteiger partial charge in [-0.15, -0.1) is 0 Å². The van der Waals surface area contributed by atoms with Crippen LogP contribution in [0.1, 0.15) is 187 Å². The van der Waals surface area contributed by atoms with Gasteiger partial charge in [-0.05, 0) is 84.7 Å². The second-order valence-corrected chi connectivity index (χ2v) is 17.7. The fourth-order valence-corrected chi connectivity index (χ4v) is 8.45. The lowest BCUT2D eigenvalue weighted by atomic mass is 9.99. The first-order valence-corrected chi connectivity index (χ1v) is 24.7. The number of hydrogen-bond acceptors (Lipinski definition) is 5. The van der Waals surface area contributed by atoms with Crippen LogP contribution in [0.15, 0.2) is 122 Å². The summed E-state index contributed by atoms with van der Waals surface area (Å²) in [5.74, 6) is 0. The molecule has 0 aliphatic heterocycles. The number of aromatic nitrogens is 4. The van der Waals surface area contributed by atoms with Crippen molar-refractivity contribution in [2.45, 2.75) is 168 Å². The molecule has 63 heavy (non-hydrogen) atoms. The van der Waals surface area contributed by atoms with Crippen LogP contribution in [0.25, 0.3) is 22.5 Å². The van der Waals surface area contributed by atoms with E-state index in [-0.39, 0.29) is 0 Å². The summed E-state index contributed by atoms with van der Waals surface area (Å²) < 4.78 is 7.31. The van der Waals surface area contributed by atoms with Crippen molar-refractivity contribution in [2.24, 2.45) is 0 Å². The van der Waals surface area contributed by atoms with E-state index in [0.29, 0.717) is 0 Å². The van der Waals surface area contributed by atoms with E-state index in [0.717, 1.165) is 70.7 Å². The Bertz CT molecular complexity index is 1970. The fraction of sp³-hybridized carbons (Fsp3) is 0.448. The molecule has 0 aliphatic rings. The predicted molar refractivity (Wildman–Crippen MR) is 264 cm³/mol. The number of benzene rings is 4. The number of hydrogen-bond donors (Lipinski definition) is 0. The monoisotopic (exact) mass is 843 g/mol. The van der Waals surface area contributed by atoms with Crippen LogP contribution in [0.3, 0.4) is 0 Å². The lowest BCUT2D eigenvalue weighted by molar-refractivity contribution is 0.0258. The molecule has 5 nitrogen and oxygen atoms in total. The van der Waals surface area contributed by atoms with Gasteiger partial charge in [-0.2, -0.15) is 0 Å². The average Bonchev–Trinajstić information content (AvgIpc) is 3.33. The van der Waals surface area contributed by atoms with Crippen LogP contribution in [0.4, 0.5) is 0 Å². The van der Waals surface area contributed by atoms with E-state index in [4.69, 9.17) is 24.7 Å². The molecular weight excluding hydrogens is 769 g/mol.